The van der Waals surface area contributed by atoms with Crippen LogP contribution in [-0.2, 0) is 14.6 Å². The molecule has 15 heavy (non-hydrogen) atoms. The third-order valence-corrected chi connectivity index (χ3v) is 0.773. The van der Waals surface area contributed by atoms with Gasteiger partial charge in [-0.15, -0.1) is 0 Å². The second kappa shape index (κ2) is 8.29. The summed E-state index contributed by atoms with van der Waals surface area (Å²) in [5.41, 5.74) is 0. The molecule has 0 N–H and O–H groups in total. The topological polar surface area (TPSA) is 66.4 Å². The molecule has 86 valence electrons. The van der Waals surface area contributed by atoms with E-state index in [2.05, 4.69) is 4.18 Å². The summed E-state index contributed by atoms with van der Waals surface area (Å²) in [6.07, 6.45) is -4.79. The Morgan fingerprint density at radius 1 is 1.20 bits per heavy atom. The predicted molar refractivity (Wildman–Crippen MR) is 30.8 cm³/mol. The van der Waals surface area contributed by atoms with Gasteiger partial charge in [0.2, 0.25) is 10.4 Å². The minimum Gasteiger partial charge on any atom is -0.726 e. The first-order chi connectivity index (χ1) is 5.94. The zero-order chi connectivity index (χ0) is 12.0. The number of hydrogen-bond donors (Lipinski definition) is 0. The predicted octanol–water partition coefficient (Wildman–Crippen LogP) is -2.09. The Bertz CT molecular complexity index is 237. The summed E-state index contributed by atoms with van der Waals surface area (Å²) >= 11 is 0. The van der Waals surface area contributed by atoms with Crippen LogP contribution in [0, 0.1) is 0 Å². The van der Waals surface area contributed by atoms with E-state index in [1.54, 1.807) is 0 Å². The fourth-order valence-electron chi connectivity index (χ4n) is 0.139. The molecule has 0 aromatic rings. The summed E-state index contributed by atoms with van der Waals surface area (Å²) in [4.78, 5) is 0. The number of hydrogen-bond acceptors (Lipinski definition) is 4. The molecule has 0 rings (SSSR count). The first-order valence-electron chi connectivity index (χ1n) is 2.53. The Morgan fingerprint density at radius 3 is 1.53 bits per heavy atom. The van der Waals surface area contributed by atoms with Crippen LogP contribution in [0.1, 0.15) is 0 Å². The molecule has 0 spiro atoms. The van der Waals surface area contributed by atoms with E-state index in [9.17, 15) is 39.1 Å². The molecule has 0 saturated heterocycles. The number of rotatable bonds is 2. The fourth-order valence-corrected chi connectivity index (χ4v) is 0.417. The van der Waals surface area contributed by atoms with Crippen LogP contribution in [0.4, 0.5) is 26.1 Å². The van der Waals surface area contributed by atoms with Gasteiger partial charge in [0, 0.05) is 0 Å². The molecule has 13 heteroatoms. The van der Waals surface area contributed by atoms with Crippen LogP contribution in [0.3, 0.4) is 0 Å². The Labute approximate surface area is 93.3 Å². The first kappa shape index (κ1) is 20.5. The van der Waals surface area contributed by atoms with Gasteiger partial charge in [-0.2, -0.15) is 13.2 Å². The van der Waals surface area contributed by atoms with Gasteiger partial charge in [-0.25, -0.2) is 8.42 Å². The molecule has 0 radical (unpaired) electrons. The smallest absolute Gasteiger partial charge is 0.726 e. The number of halogens is 6. The Kier molecular flexibility index (Phi) is 11.3. The van der Waals surface area contributed by atoms with E-state index >= 15 is 0 Å². The molecule has 0 aromatic carbocycles. The maximum absolute atomic E-state index is 11.1. The van der Waals surface area contributed by atoms with Crippen LogP contribution in [0.15, 0.2) is 0 Å². The molecule has 0 atom stereocenters. The number of alkyl halides is 3. The Morgan fingerprint density at radius 2 is 1.47 bits per heavy atom. The average Bonchev–Trinajstić information content (AvgIpc) is 1.79. The molecule has 0 aliphatic heterocycles. The van der Waals surface area contributed by atoms with Crippen molar-refractivity contribution in [3.63, 3.8) is 0 Å². The Balaban J connectivity index is -0.000000249. The summed E-state index contributed by atoms with van der Waals surface area (Å²) in [5, 5.41) is 0. The fraction of sp³-hybridized carbons (Fsp3) is 1.00. The van der Waals surface area contributed by atoms with E-state index in [-0.39, 0.29) is 18.9 Å². The SMILES string of the molecule is FB(F)F.O=S(=O)([O-])OCC(F)(F)F.[Li+]. The molecule has 0 aromatic heterocycles. The quantitative estimate of drug-likeness (QED) is 0.245. The van der Waals surface area contributed by atoms with E-state index in [0.29, 0.717) is 0 Å². The van der Waals surface area contributed by atoms with Crippen molar-refractivity contribution >= 4 is 17.9 Å². The van der Waals surface area contributed by atoms with Crippen molar-refractivity contribution in [2.45, 2.75) is 6.18 Å². The van der Waals surface area contributed by atoms with E-state index in [0.717, 1.165) is 0 Å². The van der Waals surface area contributed by atoms with Crippen LogP contribution in [-0.4, -0.2) is 33.3 Å². The van der Waals surface area contributed by atoms with Gasteiger partial charge < -0.3 is 4.55 Å². The maximum atomic E-state index is 11.1. The van der Waals surface area contributed by atoms with Crippen molar-refractivity contribution in [3.8, 4) is 0 Å². The summed E-state index contributed by atoms with van der Waals surface area (Å²) < 4.78 is 93.3. The van der Waals surface area contributed by atoms with E-state index in [4.69, 9.17) is 0 Å². The standard InChI is InChI=1S/C2H3F3O4S.BF3.Li/c3-2(4,5)1-9-10(6,7)8;2-1(3)4;/h1H2,(H,6,7,8);;/q;;+1/p-1. The maximum Gasteiger partial charge on any atom is 1.00 e. The summed E-state index contributed by atoms with van der Waals surface area (Å²) in [6, 6.07) is 0. The summed E-state index contributed by atoms with van der Waals surface area (Å²) in [6.45, 7) is -2.07. The second-order valence-electron chi connectivity index (χ2n) is 1.53. The molecule has 0 amide bonds. The van der Waals surface area contributed by atoms with Crippen molar-refractivity contribution in [1.29, 1.82) is 0 Å². The first-order valence-corrected chi connectivity index (χ1v) is 3.86. The molecule has 0 saturated carbocycles. The normalized spacial score (nSPS) is 10.9. The average molecular weight is 254 g/mol. The molecule has 0 unspecified atom stereocenters. The van der Waals surface area contributed by atoms with Crippen LogP contribution >= 0.6 is 0 Å². The van der Waals surface area contributed by atoms with Gasteiger partial charge in [0.05, 0.1) is 0 Å². The summed E-state index contributed by atoms with van der Waals surface area (Å²) in [5.74, 6) is 0. The van der Waals surface area contributed by atoms with Gasteiger partial charge in [0.15, 0.2) is 6.61 Å². The summed E-state index contributed by atoms with van der Waals surface area (Å²) in [7, 11) is -8.89. The van der Waals surface area contributed by atoms with E-state index in [1.807, 2.05) is 0 Å². The van der Waals surface area contributed by atoms with E-state index < -0.39 is 30.7 Å². The van der Waals surface area contributed by atoms with Crippen LogP contribution in [0.2, 0.25) is 0 Å². The largest absolute Gasteiger partial charge is 1.00 e. The molecule has 0 fully saturated rings. The zero-order valence-electron chi connectivity index (χ0n) is 7.09. The molecular weight excluding hydrogens is 252 g/mol. The van der Waals surface area contributed by atoms with Gasteiger partial charge >= 0.3 is 32.6 Å². The van der Waals surface area contributed by atoms with Gasteiger partial charge in [0.1, 0.15) is 0 Å². The molecular formula is C2H2BF6LiO4S. The minimum atomic E-state index is -5.23. The van der Waals surface area contributed by atoms with Crippen molar-refractivity contribution < 1.29 is 62.1 Å². The third-order valence-electron chi connectivity index (χ3n) is 0.367. The van der Waals surface area contributed by atoms with Crippen molar-refractivity contribution in [2.75, 3.05) is 6.61 Å². The molecule has 0 heterocycles. The monoisotopic (exact) mass is 254 g/mol. The second-order valence-corrected chi connectivity index (χ2v) is 2.59. The zero-order valence-corrected chi connectivity index (χ0v) is 7.91. The van der Waals surface area contributed by atoms with Crippen LogP contribution < -0.4 is 18.9 Å². The minimum absolute atomic E-state index is 0. The van der Waals surface area contributed by atoms with Gasteiger partial charge in [-0.1, -0.05) is 0 Å². The van der Waals surface area contributed by atoms with Gasteiger partial charge in [-0.05, 0) is 0 Å². The third kappa shape index (κ3) is 40.9. The molecule has 0 bridgehead atoms. The van der Waals surface area contributed by atoms with Crippen LogP contribution in [0.25, 0.3) is 0 Å². The van der Waals surface area contributed by atoms with Gasteiger partial charge in [0.25, 0.3) is 0 Å². The van der Waals surface area contributed by atoms with Gasteiger partial charge in [-0.3, -0.25) is 17.1 Å². The van der Waals surface area contributed by atoms with E-state index in [1.165, 1.54) is 0 Å². The molecule has 0 aliphatic carbocycles. The molecule has 4 nitrogen and oxygen atoms in total. The van der Waals surface area contributed by atoms with Crippen molar-refractivity contribution in [2.24, 2.45) is 0 Å². The van der Waals surface area contributed by atoms with Crippen LogP contribution in [0.5, 0.6) is 0 Å². The Hall–Kier alpha value is 0.112. The molecule has 0 aliphatic rings. The van der Waals surface area contributed by atoms with Crippen molar-refractivity contribution in [3.05, 3.63) is 0 Å². The van der Waals surface area contributed by atoms with Crippen molar-refractivity contribution in [1.82, 2.24) is 0 Å².